The summed E-state index contributed by atoms with van der Waals surface area (Å²) in [7, 11) is 0. The Morgan fingerprint density at radius 3 is 2.83 bits per heavy atom. The van der Waals surface area contributed by atoms with Crippen molar-refractivity contribution in [3.63, 3.8) is 0 Å². The van der Waals surface area contributed by atoms with Gasteiger partial charge in [0.25, 0.3) is 0 Å². The van der Waals surface area contributed by atoms with Crippen molar-refractivity contribution in [3.8, 4) is 0 Å². The maximum Gasteiger partial charge on any atom is 0.180 e. The van der Waals surface area contributed by atoms with Crippen molar-refractivity contribution in [2.24, 2.45) is 5.92 Å². The highest BCUT2D eigenvalue weighted by Crippen LogP contribution is 2.31. The molecule has 2 aromatic rings. The number of hydrogen-bond acceptors (Lipinski definition) is 6. The van der Waals surface area contributed by atoms with E-state index in [1.54, 1.807) is 0 Å². The van der Waals surface area contributed by atoms with Crippen LogP contribution in [0.5, 0.6) is 0 Å². The quantitative estimate of drug-likeness (QED) is 0.647. The fourth-order valence-electron chi connectivity index (χ4n) is 5.51. The number of nitrogens with zero attached hydrogens (tertiary/aromatic N) is 4. The van der Waals surface area contributed by atoms with Gasteiger partial charge in [-0.25, -0.2) is 0 Å². The zero-order valence-corrected chi connectivity index (χ0v) is 18.2. The number of likely N-dealkylation sites (tertiary alicyclic amines) is 1. The number of rotatable bonds is 7. The summed E-state index contributed by atoms with van der Waals surface area (Å²) in [5.74, 6) is 1.71. The fourth-order valence-corrected chi connectivity index (χ4v) is 5.51. The van der Waals surface area contributed by atoms with E-state index >= 15 is 0 Å². The number of piperazine rings is 1. The standard InChI is InChI=1S/C24H36N4O2/c1-4-11-26(12-5-1)13-6-16-29-19-20-9-10-21-18-28(15-14-27(21)17-20)24-22-7-2-3-8-23(22)30-25-24/h2-3,7-8,20-21H,1,4-6,9-19H2/t20-,21+/m1/s1. The van der Waals surface area contributed by atoms with Gasteiger partial charge in [0.05, 0.1) is 12.0 Å². The van der Waals surface area contributed by atoms with E-state index in [0.717, 1.165) is 49.6 Å². The van der Waals surface area contributed by atoms with Crippen LogP contribution < -0.4 is 4.90 Å². The molecule has 0 unspecified atom stereocenters. The molecular formula is C24H36N4O2. The molecule has 5 rings (SSSR count). The Morgan fingerprint density at radius 1 is 1.00 bits per heavy atom. The number of piperidine rings is 2. The summed E-state index contributed by atoms with van der Waals surface area (Å²) in [6.07, 6.45) is 7.89. The second kappa shape index (κ2) is 9.67. The molecule has 6 heteroatoms. The predicted molar refractivity (Wildman–Crippen MR) is 120 cm³/mol. The molecule has 0 radical (unpaired) electrons. The van der Waals surface area contributed by atoms with E-state index in [1.807, 2.05) is 12.1 Å². The molecule has 6 nitrogen and oxygen atoms in total. The van der Waals surface area contributed by atoms with Crippen LogP contribution in [0.25, 0.3) is 11.0 Å². The van der Waals surface area contributed by atoms with Gasteiger partial charge >= 0.3 is 0 Å². The first-order valence-electron chi connectivity index (χ1n) is 12.0. The molecule has 30 heavy (non-hydrogen) atoms. The van der Waals surface area contributed by atoms with Crippen molar-refractivity contribution < 1.29 is 9.26 Å². The first-order valence-corrected chi connectivity index (χ1v) is 12.0. The lowest BCUT2D eigenvalue weighted by Gasteiger charge is -2.46. The second-order valence-corrected chi connectivity index (χ2v) is 9.37. The van der Waals surface area contributed by atoms with Crippen LogP contribution in [0.15, 0.2) is 28.8 Å². The molecule has 0 spiro atoms. The van der Waals surface area contributed by atoms with E-state index in [2.05, 4.69) is 32.0 Å². The van der Waals surface area contributed by atoms with Crippen LogP contribution in [-0.4, -0.2) is 80.0 Å². The Kier molecular flexibility index (Phi) is 6.54. The highest BCUT2D eigenvalue weighted by molar-refractivity contribution is 5.88. The lowest BCUT2D eigenvalue weighted by molar-refractivity contribution is 0.0305. The minimum Gasteiger partial charge on any atom is -0.381 e. The third-order valence-corrected chi connectivity index (χ3v) is 7.23. The molecule has 1 aromatic heterocycles. The van der Waals surface area contributed by atoms with Crippen molar-refractivity contribution in [1.82, 2.24) is 15.0 Å². The van der Waals surface area contributed by atoms with E-state index in [-0.39, 0.29) is 0 Å². The Bertz CT molecular complexity index is 803. The van der Waals surface area contributed by atoms with Crippen LogP contribution >= 0.6 is 0 Å². The topological polar surface area (TPSA) is 45.0 Å². The van der Waals surface area contributed by atoms with Crippen LogP contribution in [0.3, 0.4) is 0 Å². The van der Waals surface area contributed by atoms with Gasteiger partial charge in [0.15, 0.2) is 11.4 Å². The molecule has 3 aliphatic heterocycles. The smallest absolute Gasteiger partial charge is 0.180 e. The van der Waals surface area contributed by atoms with Gasteiger partial charge in [-0.1, -0.05) is 23.7 Å². The third-order valence-electron chi connectivity index (χ3n) is 7.23. The van der Waals surface area contributed by atoms with Gasteiger partial charge in [-0.3, -0.25) is 4.90 Å². The Labute approximate surface area is 180 Å². The molecule has 0 N–H and O–H groups in total. The summed E-state index contributed by atoms with van der Waals surface area (Å²) >= 11 is 0. The zero-order chi connectivity index (χ0) is 20.2. The molecule has 3 fully saturated rings. The van der Waals surface area contributed by atoms with E-state index in [4.69, 9.17) is 9.26 Å². The number of fused-ring (bicyclic) bond motifs is 2. The van der Waals surface area contributed by atoms with Crippen molar-refractivity contribution in [1.29, 1.82) is 0 Å². The first-order chi connectivity index (χ1) is 14.9. The van der Waals surface area contributed by atoms with Gasteiger partial charge in [-0.2, -0.15) is 0 Å². The minimum atomic E-state index is 0.629. The maximum absolute atomic E-state index is 6.09. The average Bonchev–Trinajstić information content (AvgIpc) is 3.23. The van der Waals surface area contributed by atoms with Crippen LogP contribution in [0.1, 0.15) is 38.5 Å². The molecule has 1 aromatic carbocycles. The fraction of sp³-hybridized carbons (Fsp3) is 0.708. The summed E-state index contributed by atoms with van der Waals surface area (Å²) in [6, 6.07) is 8.82. The summed E-state index contributed by atoms with van der Waals surface area (Å²) in [4.78, 5) is 7.71. The normalized spacial score (nSPS) is 26.2. The van der Waals surface area contributed by atoms with Gasteiger partial charge in [0.1, 0.15) is 0 Å². The van der Waals surface area contributed by atoms with Crippen molar-refractivity contribution in [2.75, 3.05) is 63.9 Å². The molecule has 4 heterocycles. The number of hydrogen-bond donors (Lipinski definition) is 0. The second-order valence-electron chi connectivity index (χ2n) is 9.37. The van der Waals surface area contributed by atoms with Gasteiger partial charge in [-0.15, -0.1) is 0 Å². The van der Waals surface area contributed by atoms with Gasteiger partial charge in [0.2, 0.25) is 0 Å². The maximum atomic E-state index is 6.09. The molecule has 3 aliphatic rings. The minimum absolute atomic E-state index is 0.629. The lowest BCUT2D eigenvalue weighted by atomic mass is 9.91. The van der Waals surface area contributed by atoms with Gasteiger partial charge in [-0.05, 0) is 63.2 Å². The zero-order valence-electron chi connectivity index (χ0n) is 18.2. The molecule has 0 bridgehead atoms. The van der Waals surface area contributed by atoms with Crippen molar-refractivity contribution >= 4 is 16.8 Å². The van der Waals surface area contributed by atoms with E-state index in [9.17, 15) is 0 Å². The molecule has 3 saturated heterocycles. The summed E-state index contributed by atoms with van der Waals surface area (Å²) in [6.45, 7) is 10.0. The monoisotopic (exact) mass is 412 g/mol. The first kappa shape index (κ1) is 20.3. The van der Waals surface area contributed by atoms with Crippen LogP contribution in [0, 0.1) is 5.92 Å². The van der Waals surface area contributed by atoms with E-state index < -0.39 is 0 Å². The molecule has 2 atom stereocenters. The highest BCUT2D eigenvalue weighted by Gasteiger charge is 2.34. The van der Waals surface area contributed by atoms with E-state index in [1.165, 1.54) is 64.7 Å². The number of aromatic nitrogens is 1. The SMILES string of the molecule is c1ccc2c(N3CCN4C[C@H](COCCCN5CCCCC5)CC[C@H]4C3)noc2c1. The van der Waals surface area contributed by atoms with E-state index in [0.29, 0.717) is 12.0 Å². The van der Waals surface area contributed by atoms with Crippen molar-refractivity contribution in [3.05, 3.63) is 24.3 Å². The Balaban J connectivity index is 1.05. The summed E-state index contributed by atoms with van der Waals surface area (Å²) in [5, 5.41) is 5.51. The number of anilines is 1. The van der Waals surface area contributed by atoms with Crippen LogP contribution in [-0.2, 0) is 4.74 Å². The lowest BCUT2D eigenvalue weighted by Crippen LogP contribution is -2.57. The molecule has 164 valence electrons. The number of ether oxygens (including phenoxy) is 1. The highest BCUT2D eigenvalue weighted by atomic mass is 16.5. The molecule has 0 amide bonds. The van der Waals surface area contributed by atoms with Crippen molar-refractivity contribution in [2.45, 2.75) is 44.6 Å². The third kappa shape index (κ3) is 4.66. The Hall–Kier alpha value is -1.63. The number of para-hydroxylation sites is 1. The van der Waals surface area contributed by atoms with Gasteiger partial charge < -0.3 is 19.1 Å². The van der Waals surface area contributed by atoms with Crippen LogP contribution in [0.4, 0.5) is 5.82 Å². The summed E-state index contributed by atoms with van der Waals surface area (Å²) < 4.78 is 11.6. The van der Waals surface area contributed by atoms with Gasteiger partial charge in [0, 0.05) is 45.4 Å². The largest absolute Gasteiger partial charge is 0.381 e. The Morgan fingerprint density at radius 2 is 1.90 bits per heavy atom. The molecular weight excluding hydrogens is 376 g/mol. The number of benzene rings is 1. The summed E-state index contributed by atoms with van der Waals surface area (Å²) in [5.41, 5.74) is 0.885. The molecule has 0 aliphatic carbocycles. The average molecular weight is 413 g/mol. The predicted octanol–water partition coefficient (Wildman–Crippen LogP) is 3.62. The van der Waals surface area contributed by atoms with Crippen LogP contribution in [0.2, 0.25) is 0 Å². The molecule has 0 saturated carbocycles.